The Hall–Kier alpha value is -3.22. The molecule has 7 nitrogen and oxygen atoms in total. The van der Waals surface area contributed by atoms with Crippen molar-refractivity contribution in [2.45, 2.75) is 19.4 Å². The average molecular weight is 343 g/mol. The Kier molecular flexibility index (Phi) is 6.22. The molecule has 25 heavy (non-hydrogen) atoms. The Morgan fingerprint density at radius 3 is 2.56 bits per heavy atom. The van der Waals surface area contributed by atoms with E-state index in [2.05, 4.69) is 15.8 Å². The first-order valence-corrected chi connectivity index (χ1v) is 7.79. The highest BCUT2D eigenvalue weighted by molar-refractivity contribution is 5.88. The van der Waals surface area contributed by atoms with Crippen molar-refractivity contribution >= 4 is 17.8 Å². The van der Waals surface area contributed by atoms with Gasteiger partial charge in [0.15, 0.2) is 0 Å². The molecule has 1 amide bonds. The summed E-state index contributed by atoms with van der Waals surface area (Å²) in [6.07, 6.45) is 1.88. The molecule has 0 radical (unpaired) electrons. The van der Waals surface area contributed by atoms with Crippen molar-refractivity contribution in [2.24, 2.45) is 5.10 Å². The van der Waals surface area contributed by atoms with Gasteiger partial charge in [0.2, 0.25) is 0 Å². The fourth-order valence-corrected chi connectivity index (χ4v) is 2.13. The summed E-state index contributed by atoms with van der Waals surface area (Å²) in [6.45, 7) is 1.89. The van der Waals surface area contributed by atoms with Crippen LogP contribution in [0.25, 0.3) is 0 Å². The second-order valence-electron chi connectivity index (χ2n) is 5.31. The van der Waals surface area contributed by atoms with E-state index in [1.165, 1.54) is 24.4 Å². The fourth-order valence-electron chi connectivity index (χ4n) is 2.13. The Morgan fingerprint density at radius 1 is 1.24 bits per heavy atom. The number of nitrogens with one attached hydrogen (secondary N) is 2. The number of hydrogen-bond donors (Lipinski definition) is 4. The molecule has 132 valence electrons. The van der Waals surface area contributed by atoms with Gasteiger partial charge in [0, 0.05) is 17.3 Å². The third-order valence-electron chi connectivity index (χ3n) is 3.55. The third kappa shape index (κ3) is 5.13. The molecule has 0 aliphatic carbocycles. The lowest BCUT2D eigenvalue weighted by molar-refractivity contribution is -0.121. The van der Waals surface area contributed by atoms with Crippen LogP contribution in [0.1, 0.15) is 18.9 Å². The van der Waals surface area contributed by atoms with E-state index in [9.17, 15) is 15.0 Å². The van der Waals surface area contributed by atoms with E-state index in [-0.39, 0.29) is 17.4 Å². The molecule has 2 aromatic carbocycles. The van der Waals surface area contributed by atoms with E-state index in [1.807, 2.05) is 19.1 Å². The summed E-state index contributed by atoms with van der Waals surface area (Å²) in [5, 5.41) is 25.9. The SMILES string of the molecule is CC[C@@H](Nc1ccc(OC)cc1)C(=O)N/N=C/c1ccc(O)cc1O. The quantitative estimate of drug-likeness (QED) is 0.457. The molecule has 0 heterocycles. The van der Waals surface area contributed by atoms with Gasteiger partial charge in [0.05, 0.1) is 13.3 Å². The van der Waals surface area contributed by atoms with E-state index in [1.54, 1.807) is 19.2 Å². The smallest absolute Gasteiger partial charge is 0.262 e. The van der Waals surface area contributed by atoms with Crippen LogP contribution in [-0.4, -0.2) is 35.5 Å². The third-order valence-corrected chi connectivity index (χ3v) is 3.55. The van der Waals surface area contributed by atoms with Gasteiger partial charge in [0.1, 0.15) is 23.3 Å². The topological polar surface area (TPSA) is 103 Å². The Balaban J connectivity index is 1.95. The lowest BCUT2D eigenvalue weighted by Crippen LogP contribution is -2.36. The summed E-state index contributed by atoms with van der Waals surface area (Å²) >= 11 is 0. The number of rotatable bonds is 7. The van der Waals surface area contributed by atoms with Crippen LogP contribution in [0.3, 0.4) is 0 Å². The minimum Gasteiger partial charge on any atom is -0.508 e. The largest absolute Gasteiger partial charge is 0.508 e. The molecular formula is C18H21N3O4. The van der Waals surface area contributed by atoms with Crippen molar-refractivity contribution in [1.82, 2.24) is 5.43 Å². The molecule has 0 spiro atoms. The van der Waals surface area contributed by atoms with Crippen molar-refractivity contribution < 1.29 is 19.7 Å². The number of methoxy groups -OCH3 is 1. The highest BCUT2D eigenvalue weighted by Crippen LogP contribution is 2.20. The lowest BCUT2D eigenvalue weighted by atomic mass is 10.2. The molecule has 4 N–H and O–H groups in total. The lowest BCUT2D eigenvalue weighted by Gasteiger charge is -2.16. The summed E-state index contributed by atoms with van der Waals surface area (Å²) in [7, 11) is 1.59. The number of hydrogen-bond acceptors (Lipinski definition) is 6. The summed E-state index contributed by atoms with van der Waals surface area (Å²) < 4.78 is 5.10. The number of hydrazone groups is 1. The molecular weight excluding hydrogens is 322 g/mol. The second-order valence-corrected chi connectivity index (χ2v) is 5.31. The first-order valence-electron chi connectivity index (χ1n) is 7.79. The number of amides is 1. The highest BCUT2D eigenvalue weighted by Gasteiger charge is 2.15. The Morgan fingerprint density at radius 2 is 1.96 bits per heavy atom. The average Bonchev–Trinajstić information content (AvgIpc) is 2.61. The predicted octanol–water partition coefficient (Wildman–Crippen LogP) is 2.45. The molecule has 0 unspecified atom stereocenters. The number of benzene rings is 2. The van der Waals surface area contributed by atoms with Gasteiger partial charge in [0.25, 0.3) is 5.91 Å². The summed E-state index contributed by atoms with van der Waals surface area (Å²) in [5.74, 6) is 0.268. The summed E-state index contributed by atoms with van der Waals surface area (Å²) in [6, 6.07) is 10.9. The van der Waals surface area contributed by atoms with Gasteiger partial charge in [-0.3, -0.25) is 4.79 Å². The van der Waals surface area contributed by atoms with E-state index in [0.29, 0.717) is 12.0 Å². The monoisotopic (exact) mass is 343 g/mol. The molecule has 0 aliphatic rings. The maximum Gasteiger partial charge on any atom is 0.262 e. The molecule has 0 aromatic heterocycles. The van der Waals surface area contributed by atoms with Crippen LogP contribution >= 0.6 is 0 Å². The fraction of sp³-hybridized carbons (Fsp3) is 0.222. The van der Waals surface area contributed by atoms with Gasteiger partial charge in [-0.05, 0) is 42.8 Å². The van der Waals surface area contributed by atoms with Crippen LogP contribution in [-0.2, 0) is 4.79 Å². The number of aromatic hydroxyl groups is 2. The zero-order chi connectivity index (χ0) is 18.2. The molecule has 1 atom stereocenters. The molecule has 0 saturated carbocycles. The van der Waals surface area contributed by atoms with Gasteiger partial charge in [-0.25, -0.2) is 5.43 Å². The van der Waals surface area contributed by atoms with E-state index >= 15 is 0 Å². The molecule has 7 heteroatoms. The van der Waals surface area contributed by atoms with E-state index < -0.39 is 6.04 Å². The number of anilines is 1. The number of phenolic OH excluding ortho intramolecular Hbond substituents is 2. The van der Waals surface area contributed by atoms with Crippen LogP contribution in [0.4, 0.5) is 5.69 Å². The Bertz CT molecular complexity index is 744. The van der Waals surface area contributed by atoms with Crippen molar-refractivity contribution in [2.75, 3.05) is 12.4 Å². The Labute approximate surface area is 146 Å². The van der Waals surface area contributed by atoms with Crippen molar-refractivity contribution in [3.8, 4) is 17.2 Å². The minimum atomic E-state index is -0.459. The number of carbonyl (C=O) groups excluding carboxylic acids is 1. The number of ether oxygens (including phenoxy) is 1. The van der Waals surface area contributed by atoms with Crippen molar-refractivity contribution in [3.05, 3.63) is 48.0 Å². The molecule has 0 aliphatic heterocycles. The van der Waals surface area contributed by atoms with Gasteiger partial charge in [-0.1, -0.05) is 6.92 Å². The molecule has 0 saturated heterocycles. The van der Waals surface area contributed by atoms with E-state index in [0.717, 1.165) is 11.4 Å². The maximum absolute atomic E-state index is 12.2. The number of phenols is 2. The van der Waals surface area contributed by atoms with E-state index in [4.69, 9.17) is 4.74 Å². The van der Waals surface area contributed by atoms with Gasteiger partial charge >= 0.3 is 0 Å². The van der Waals surface area contributed by atoms with Crippen LogP contribution in [0, 0.1) is 0 Å². The van der Waals surface area contributed by atoms with Crippen molar-refractivity contribution in [1.29, 1.82) is 0 Å². The predicted molar refractivity (Wildman–Crippen MR) is 96.2 cm³/mol. The van der Waals surface area contributed by atoms with Crippen LogP contribution in [0.5, 0.6) is 17.2 Å². The van der Waals surface area contributed by atoms with Crippen LogP contribution < -0.4 is 15.5 Å². The van der Waals surface area contributed by atoms with Crippen LogP contribution in [0.2, 0.25) is 0 Å². The second kappa shape index (κ2) is 8.58. The standard InChI is InChI=1S/C18H21N3O4/c1-3-16(20-13-5-8-15(25-2)9-6-13)18(24)21-19-11-12-4-7-14(22)10-17(12)23/h4-11,16,20,22-23H,3H2,1-2H3,(H,21,24)/b19-11+/t16-/m1/s1. The van der Waals surface area contributed by atoms with Gasteiger partial charge < -0.3 is 20.3 Å². The maximum atomic E-state index is 12.2. The van der Waals surface area contributed by atoms with Gasteiger partial charge in [-0.2, -0.15) is 5.10 Å². The number of nitrogens with zero attached hydrogens (tertiary/aromatic N) is 1. The highest BCUT2D eigenvalue weighted by atomic mass is 16.5. The molecule has 0 fully saturated rings. The molecule has 0 bridgehead atoms. The van der Waals surface area contributed by atoms with Crippen LogP contribution in [0.15, 0.2) is 47.6 Å². The van der Waals surface area contributed by atoms with Gasteiger partial charge in [-0.15, -0.1) is 0 Å². The normalized spacial score (nSPS) is 11.9. The first-order chi connectivity index (χ1) is 12.0. The summed E-state index contributed by atoms with van der Waals surface area (Å²) in [4.78, 5) is 12.2. The number of carbonyl (C=O) groups is 1. The molecule has 2 rings (SSSR count). The first kappa shape index (κ1) is 18.1. The minimum absolute atomic E-state index is 0.0478. The van der Waals surface area contributed by atoms with Crippen molar-refractivity contribution in [3.63, 3.8) is 0 Å². The zero-order valence-corrected chi connectivity index (χ0v) is 14.1. The molecule has 2 aromatic rings. The summed E-state index contributed by atoms with van der Waals surface area (Å²) in [5.41, 5.74) is 3.61. The zero-order valence-electron chi connectivity index (χ0n) is 14.1.